The van der Waals surface area contributed by atoms with Gasteiger partial charge in [-0.2, -0.15) is 5.10 Å². The van der Waals surface area contributed by atoms with Crippen LogP contribution in [0, 0.1) is 0 Å². The highest BCUT2D eigenvalue weighted by atomic mass is 35.5. The minimum absolute atomic E-state index is 0.256. The molecule has 3 aromatic rings. The number of ether oxygens (including phenoxy) is 1. The Hall–Kier alpha value is -3.60. The largest absolute Gasteiger partial charge is 0.373 e. The molecule has 1 fully saturated rings. The van der Waals surface area contributed by atoms with Crippen LogP contribution in [-0.4, -0.2) is 48.0 Å². The van der Waals surface area contributed by atoms with Crippen LogP contribution in [0.5, 0.6) is 0 Å². The number of rotatable bonds is 3. The van der Waals surface area contributed by atoms with Gasteiger partial charge in [0.15, 0.2) is 11.6 Å². The lowest BCUT2D eigenvalue weighted by molar-refractivity contribution is 0.143. The van der Waals surface area contributed by atoms with Crippen molar-refractivity contribution in [3.63, 3.8) is 0 Å². The molecular formula is C24H19ClN4O3. The zero-order chi connectivity index (χ0) is 22.1. The number of hydrogen-bond acceptors (Lipinski definition) is 6. The number of benzene rings is 2. The average molecular weight is 447 g/mol. The van der Waals surface area contributed by atoms with Gasteiger partial charge >= 0.3 is 0 Å². The van der Waals surface area contributed by atoms with Crippen molar-refractivity contribution in [2.75, 3.05) is 36.1 Å². The van der Waals surface area contributed by atoms with E-state index >= 15 is 0 Å². The van der Waals surface area contributed by atoms with Crippen LogP contribution in [0.2, 0.25) is 5.02 Å². The Bertz CT molecular complexity index is 1270. The molecule has 0 radical (unpaired) electrons. The van der Waals surface area contributed by atoms with Crippen molar-refractivity contribution in [1.82, 2.24) is 9.78 Å². The van der Waals surface area contributed by atoms with Gasteiger partial charge in [0, 0.05) is 35.1 Å². The second-order valence-corrected chi connectivity index (χ2v) is 7.97. The molecule has 1 saturated heterocycles. The molecule has 0 spiro atoms. The van der Waals surface area contributed by atoms with E-state index in [4.69, 9.17) is 16.3 Å². The molecule has 2 aliphatic rings. The molecule has 32 heavy (non-hydrogen) atoms. The van der Waals surface area contributed by atoms with Crippen LogP contribution in [0.4, 0.5) is 11.4 Å². The number of aromatic nitrogens is 2. The number of carbonyl (C=O) groups excluding carboxylic acids is 2. The molecule has 2 aliphatic heterocycles. The molecule has 0 unspecified atom stereocenters. The molecule has 0 bridgehead atoms. The van der Waals surface area contributed by atoms with Crippen LogP contribution in [0.3, 0.4) is 0 Å². The number of morpholine rings is 1. The normalized spacial score (nSPS) is 15.9. The second-order valence-electron chi connectivity index (χ2n) is 7.53. The van der Waals surface area contributed by atoms with Crippen molar-refractivity contribution in [3.8, 4) is 5.69 Å². The summed E-state index contributed by atoms with van der Waals surface area (Å²) in [5.74, 6) is 4.09. The van der Waals surface area contributed by atoms with E-state index in [2.05, 4.69) is 11.0 Å². The van der Waals surface area contributed by atoms with Crippen LogP contribution in [0.1, 0.15) is 11.3 Å². The molecular weight excluding hydrogens is 428 g/mol. The molecule has 5 rings (SSSR count). The van der Waals surface area contributed by atoms with E-state index in [1.807, 2.05) is 58.2 Å². The van der Waals surface area contributed by atoms with Crippen molar-refractivity contribution in [1.29, 1.82) is 0 Å². The molecule has 0 amide bonds. The molecule has 0 aliphatic carbocycles. The third-order valence-electron chi connectivity index (χ3n) is 5.71. The molecule has 0 atom stereocenters. The van der Waals surface area contributed by atoms with Gasteiger partial charge in [0.05, 0.1) is 25.1 Å². The Labute approximate surface area is 189 Å². The van der Waals surface area contributed by atoms with Crippen LogP contribution in [0.25, 0.3) is 11.4 Å². The Kier molecular flexibility index (Phi) is 5.39. The summed E-state index contributed by atoms with van der Waals surface area (Å²) in [6.07, 6.45) is 2.53. The summed E-state index contributed by atoms with van der Waals surface area (Å²) in [7, 11) is 0. The average Bonchev–Trinajstić information content (AvgIpc) is 3.28. The first-order chi connectivity index (χ1) is 15.7. The monoisotopic (exact) mass is 446 g/mol. The van der Waals surface area contributed by atoms with Crippen LogP contribution >= 0.6 is 11.6 Å². The van der Waals surface area contributed by atoms with E-state index in [0.717, 1.165) is 34.7 Å². The van der Waals surface area contributed by atoms with Gasteiger partial charge in [-0.05, 0) is 48.9 Å². The number of fused-ring (bicyclic) bond motifs is 1. The third kappa shape index (κ3) is 3.54. The Morgan fingerprint density at radius 1 is 0.938 bits per heavy atom. The summed E-state index contributed by atoms with van der Waals surface area (Å²) < 4.78 is 7.07. The lowest BCUT2D eigenvalue weighted by Crippen LogP contribution is -2.35. The van der Waals surface area contributed by atoms with Crippen molar-refractivity contribution >= 4 is 40.6 Å². The lowest BCUT2D eigenvalue weighted by Gasteiger charge is -2.32. The van der Waals surface area contributed by atoms with Crippen LogP contribution in [0.15, 0.2) is 60.4 Å². The summed E-state index contributed by atoms with van der Waals surface area (Å²) >= 11 is 6.17. The van der Waals surface area contributed by atoms with E-state index in [9.17, 15) is 9.59 Å². The molecule has 160 valence electrons. The van der Waals surface area contributed by atoms with Gasteiger partial charge in [-0.1, -0.05) is 17.7 Å². The maximum absolute atomic E-state index is 12.1. The summed E-state index contributed by atoms with van der Waals surface area (Å²) in [5.41, 5.74) is 5.14. The Morgan fingerprint density at radius 2 is 1.72 bits per heavy atom. The maximum Gasteiger partial charge on any atom is 0.153 e. The van der Waals surface area contributed by atoms with Gasteiger partial charge < -0.3 is 14.5 Å². The van der Waals surface area contributed by atoms with E-state index in [1.54, 1.807) is 16.9 Å². The summed E-state index contributed by atoms with van der Waals surface area (Å²) in [4.78, 5) is 27.2. The summed E-state index contributed by atoms with van der Waals surface area (Å²) in [6, 6.07) is 15.1. The first-order valence-electron chi connectivity index (χ1n) is 10.2. The van der Waals surface area contributed by atoms with E-state index < -0.39 is 0 Å². The van der Waals surface area contributed by atoms with Crippen LogP contribution < -0.4 is 9.80 Å². The van der Waals surface area contributed by atoms with Crippen molar-refractivity contribution in [2.24, 2.45) is 0 Å². The van der Waals surface area contributed by atoms with Gasteiger partial charge in [-0.3, -0.25) is 0 Å². The zero-order valence-electron chi connectivity index (χ0n) is 17.1. The number of anilines is 2. The highest BCUT2D eigenvalue weighted by Crippen LogP contribution is 2.34. The van der Waals surface area contributed by atoms with Crippen molar-refractivity contribution < 1.29 is 14.3 Å². The SMILES string of the molecule is O=C=C1COCCN1c1ccc(N2CCc3cnn(-c4cccc(Cl)c4)c3C2=C=O)cc1. The first-order valence-corrected chi connectivity index (χ1v) is 10.6. The molecule has 2 aromatic carbocycles. The van der Waals surface area contributed by atoms with Gasteiger partial charge in [0.1, 0.15) is 17.3 Å². The van der Waals surface area contributed by atoms with Crippen molar-refractivity contribution in [2.45, 2.75) is 6.42 Å². The smallest absolute Gasteiger partial charge is 0.153 e. The predicted molar refractivity (Wildman–Crippen MR) is 123 cm³/mol. The molecule has 7 nitrogen and oxygen atoms in total. The van der Waals surface area contributed by atoms with Gasteiger partial charge in [0.2, 0.25) is 0 Å². The minimum Gasteiger partial charge on any atom is -0.373 e. The standard InChI is InChI=1S/C24H19ClN4O3/c25-18-2-1-3-21(12-18)29-24-17(13-26-29)8-9-28(23(24)15-31)20-6-4-19(5-7-20)27-10-11-32-16-22(27)14-30/h1-7,12-13H,8-11,16H2. The topological polar surface area (TPSA) is 67.7 Å². The number of hydrogen-bond donors (Lipinski definition) is 0. The molecule has 8 heteroatoms. The molecule has 3 heterocycles. The van der Waals surface area contributed by atoms with Gasteiger partial charge in [0.25, 0.3) is 0 Å². The van der Waals surface area contributed by atoms with Crippen LogP contribution in [-0.2, 0) is 20.7 Å². The highest BCUT2D eigenvalue weighted by Gasteiger charge is 2.28. The lowest BCUT2D eigenvalue weighted by atomic mass is 10.0. The maximum atomic E-state index is 12.1. The zero-order valence-corrected chi connectivity index (χ0v) is 17.9. The molecule has 0 saturated carbocycles. The van der Waals surface area contributed by atoms with Gasteiger partial charge in [-0.25, -0.2) is 14.3 Å². The first kappa shape index (κ1) is 20.3. The fourth-order valence-corrected chi connectivity index (χ4v) is 4.36. The summed E-state index contributed by atoms with van der Waals surface area (Å²) in [5, 5.41) is 5.10. The number of nitrogens with zero attached hydrogens (tertiary/aromatic N) is 4. The molecule has 0 N–H and O–H groups in total. The van der Waals surface area contributed by atoms with Crippen molar-refractivity contribution in [3.05, 3.63) is 76.7 Å². The quantitative estimate of drug-likeness (QED) is 0.575. The van der Waals surface area contributed by atoms with E-state index in [0.29, 0.717) is 36.1 Å². The summed E-state index contributed by atoms with van der Waals surface area (Å²) in [6.45, 7) is 2.03. The third-order valence-corrected chi connectivity index (χ3v) is 5.94. The predicted octanol–water partition coefficient (Wildman–Crippen LogP) is 3.31. The van der Waals surface area contributed by atoms with Gasteiger partial charge in [-0.15, -0.1) is 0 Å². The van der Waals surface area contributed by atoms with E-state index in [1.165, 1.54) is 0 Å². The highest BCUT2D eigenvalue weighted by molar-refractivity contribution is 6.30. The second kappa shape index (κ2) is 8.50. The minimum atomic E-state index is 0.256. The van der Waals surface area contributed by atoms with E-state index in [-0.39, 0.29) is 6.61 Å². The number of halogens is 1. The fraction of sp³-hybridized carbons (Fsp3) is 0.208. The Morgan fingerprint density at radius 3 is 2.44 bits per heavy atom. The Balaban J connectivity index is 1.49. The molecule has 1 aromatic heterocycles. The fourth-order valence-electron chi connectivity index (χ4n) is 4.17.